The fourth-order valence-electron chi connectivity index (χ4n) is 2.83. The van der Waals surface area contributed by atoms with E-state index in [2.05, 4.69) is 10.0 Å². The van der Waals surface area contributed by atoms with Crippen molar-refractivity contribution in [3.05, 3.63) is 46.5 Å². The molecular formula is C18H21N3O7S. The first-order valence-electron chi connectivity index (χ1n) is 8.76. The molecule has 1 aliphatic heterocycles. The van der Waals surface area contributed by atoms with Crippen LogP contribution in [0.2, 0.25) is 0 Å². The summed E-state index contributed by atoms with van der Waals surface area (Å²) in [5.74, 6) is 1.12. The molecule has 0 radical (unpaired) electrons. The summed E-state index contributed by atoms with van der Waals surface area (Å²) < 4.78 is 43.2. The van der Waals surface area contributed by atoms with Gasteiger partial charge in [-0.25, -0.2) is 13.1 Å². The van der Waals surface area contributed by atoms with Crippen molar-refractivity contribution < 1.29 is 27.6 Å². The number of nitro groups is 1. The molecule has 10 nitrogen and oxygen atoms in total. The molecule has 2 aromatic rings. The zero-order valence-electron chi connectivity index (χ0n) is 15.9. The second-order valence-corrected chi connectivity index (χ2v) is 8.11. The Morgan fingerprint density at radius 1 is 1.17 bits per heavy atom. The number of hydrogen-bond donors (Lipinski definition) is 2. The maximum Gasteiger partial charge on any atom is 0.294 e. The Bertz CT molecular complexity index is 1010. The van der Waals surface area contributed by atoms with E-state index in [4.69, 9.17) is 14.2 Å². The van der Waals surface area contributed by atoms with Crippen molar-refractivity contribution >= 4 is 27.1 Å². The lowest BCUT2D eigenvalue weighted by molar-refractivity contribution is -0.384. The molecule has 0 bridgehead atoms. The normalized spacial score (nSPS) is 14.3. The summed E-state index contributed by atoms with van der Waals surface area (Å²) in [5.41, 5.74) is 0.317. The average Bonchev–Trinajstić information content (AvgIpc) is 2.67. The topological polar surface area (TPSA) is 129 Å². The van der Waals surface area contributed by atoms with Gasteiger partial charge < -0.3 is 19.5 Å². The van der Waals surface area contributed by atoms with E-state index in [0.717, 1.165) is 6.07 Å². The Kier molecular flexibility index (Phi) is 6.20. The largest absolute Gasteiger partial charge is 0.486 e. The highest BCUT2D eigenvalue weighted by molar-refractivity contribution is 7.89. The van der Waals surface area contributed by atoms with Crippen LogP contribution in [0.25, 0.3) is 0 Å². The minimum Gasteiger partial charge on any atom is -0.486 e. The number of nitro benzene ring substituents is 1. The smallest absolute Gasteiger partial charge is 0.294 e. The number of hydrogen-bond acceptors (Lipinski definition) is 8. The third-order valence-electron chi connectivity index (χ3n) is 4.07. The lowest BCUT2D eigenvalue weighted by atomic mass is 10.2. The summed E-state index contributed by atoms with van der Waals surface area (Å²) in [6.45, 7) is 2.67. The third-order valence-corrected chi connectivity index (χ3v) is 5.66. The molecule has 2 N–H and O–H groups in total. The quantitative estimate of drug-likeness (QED) is 0.489. The molecule has 0 aliphatic carbocycles. The van der Waals surface area contributed by atoms with E-state index in [1.807, 2.05) is 0 Å². The van der Waals surface area contributed by atoms with Crippen LogP contribution >= 0.6 is 0 Å². The minimum absolute atomic E-state index is 0.149. The molecule has 0 unspecified atom stereocenters. The zero-order valence-corrected chi connectivity index (χ0v) is 16.7. The molecule has 0 amide bonds. The number of benzene rings is 2. The van der Waals surface area contributed by atoms with Gasteiger partial charge in [-0.15, -0.1) is 0 Å². The van der Waals surface area contributed by atoms with Crippen LogP contribution in [-0.4, -0.2) is 46.3 Å². The van der Waals surface area contributed by atoms with Crippen molar-refractivity contribution in [1.82, 2.24) is 4.72 Å². The highest BCUT2D eigenvalue weighted by atomic mass is 32.2. The lowest BCUT2D eigenvalue weighted by Crippen LogP contribution is -2.35. The Balaban J connectivity index is 1.88. The maximum atomic E-state index is 12.5. The SMILES string of the molecule is COC[C@H](C)NS(=O)(=O)c1ccc(Nc2ccc3c(c2)OCCO3)c([N+](=O)[O-])c1. The second-order valence-electron chi connectivity index (χ2n) is 6.40. The van der Waals surface area contributed by atoms with E-state index in [0.29, 0.717) is 30.4 Å². The minimum atomic E-state index is -3.94. The molecule has 1 aliphatic rings. The van der Waals surface area contributed by atoms with Crippen molar-refractivity contribution in [3.63, 3.8) is 0 Å². The van der Waals surface area contributed by atoms with Gasteiger partial charge >= 0.3 is 0 Å². The van der Waals surface area contributed by atoms with Gasteiger partial charge in [-0.2, -0.15) is 0 Å². The standard InChI is InChI=1S/C18H21N3O7S/c1-12(11-26-2)20-29(24,25)14-4-5-15(16(10-14)21(22)23)19-13-3-6-17-18(9-13)28-8-7-27-17/h3-6,9-10,12,19-20H,7-8,11H2,1-2H3/t12-/m0/s1. The van der Waals surface area contributed by atoms with Crippen LogP contribution in [0.1, 0.15) is 6.92 Å². The number of nitrogens with zero attached hydrogens (tertiary/aromatic N) is 1. The molecule has 29 heavy (non-hydrogen) atoms. The molecule has 1 heterocycles. The predicted molar refractivity (Wildman–Crippen MR) is 105 cm³/mol. The summed E-state index contributed by atoms with van der Waals surface area (Å²) in [7, 11) is -2.49. The molecule has 0 saturated heterocycles. The van der Waals surface area contributed by atoms with E-state index >= 15 is 0 Å². The van der Waals surface area contributed by atoms with Gasteiger partial charge in [0.05, 0.1) is 16.4 Å². The van der Waals surface area contributed by atoms with Crippen molar-refractivity contribution in [3.8, 4) is 11.5 Å². The highest BCUT2D eigenvalue weighted by Gasteiger charge is 2.23. The molecule has 0 aromatic heterocycles. The molecule has 2 aromatic carbocycles. The molecule has 0 fully saturated rings. The van der Waals surface area contributed by atoms with E-state index in [1.54, 1.807) is 25.1 Å². The van der Waals surface area contributed by atoms with Gasteiger partial charge in [0.15, 0.2) is 11.5 Å². The number of anilines is 2. The van der Waals surface area contributed by atoms with Gasteiger partial charge in [0, 0.05) is 31.0 Å². The zero-order chi connectivity index (χ0) is 21.0. The Morgan fingerprint density at radius 3 is 2.59 bits per heavy atom. The summed E-state index contributed by atoms with van der Waals surface area (Å²) in [4.78, 5) is 10.7. The van der Waals surface area contributed by atoms with Gasteiger partial charge in [0.2, 0.25) is 10.0 Å². The summed E-state index contributed by atoms with van der Waals surface area (Å²) in [5, 5.41) is 14.5. The molecule has 156 valence electrons. The van der Waals surface area contributed by atoms with Crippen LogP contribution in [-0.2, 0) is 14.8 Å². The van der Waals surface area contributed by atoms with Gasteiger partial charge in [-0.1, -0.05) is 0 Å². The number of methoxy groups -OCH3 is 1. The molecule has 3 rings (SSSR count). The van der Waals surface area contributed by atoms with Crippen LogP contribution in [0.4, 0.5) is 17.1 Å². The monoisotopic (exact) mass is 423 g/mol. The van der Waals surface area contributed by atoms with Gasteiger partial charge in [-0.3, -0.25) is 10.1 Å². The van der Waals surface area contributed by atoms with Crippen LogP contribution in [0.15, 0.2) is 41.3 Å². The first-order chi connectivity index (χ1) is 13.8. The van der Waals surface area contributed by atoms with Crippen LogP contribution < -0.4 is 19.5 Å². The third kappa shape index (κ3) is 4.94. The average molecular weight is 423 g/mol. The van der Waals surface area contributed by atoms with Gasteiger partial charge in [0.25, 0.3) is 5.69 Å². The summed E-state index contributed by atoms with van der Waals surface area (Å²) in [6, 6.07) is 8.23. The molecule has 0 spiro atoms. The van der Waals surface area contributed by atoms with E-state index in [-0.39, 0.29) is 22.9 Å². The van der Waals surface area contributed by atoms with Gasteiger partial charge in [-0.05, 0) is 31.2 Å². The van der Waals surface area contributed by atoms with Crippen molar-refractivity contribution in [2.24, 2.45) is 0 Å². The van der Waals surface area contributed by atoms with E-state index in [9.17, 15) is 18.5 Å². The number of rotatable bonds is 8. The Labute approximate surface area is 168 Å². The number of fused-ring (bicyclic) bond motifs is 1. The lowest BCUT2D eigenvalue weighted by Gasteiger charge is -2.19. The Morgan fingerprint density at radius 2 is 1.90 bits per heavy atom. The first-order valence-corrected chi connectivity index (χ1v) is 10.2. The fourth-order valence-corrected chi connectivity index (χ4v) is 4.08. The van der Waals surface area contributed by atoms with E-state index in [1.165, 1.54) is 19.2 Å². The maximum absolute atomic E-state index is 12.5. The summed E-state index contributed by atoms with van der Waals surface area (Å²) >= 11 is 0. The van der Waals surface area contributed by atoms with Gasteiger partial charge in [0.1, 0.15) is 18.9 Å². The number of ether oxygens (including phenoxy) is 3. The van der Waals surface area contributed by atoms with Crippen LogP contribution in [0.3, 0.4) is 0 Å². The van der Waals surface area contributed by atoms with Crippen molar-refractivity contribution in [2.45, 2.75) is 17.9 Å². The molecule has 1 atom stereocenters. The van der Waals surface area contributed by atoms with E-state index < -0.39 is 21.0 Å². The first kappa shape index (κ1) is 20.8. The van der Waals surface area contributed by atoms with Crippen molar-refractivity contribution in [1.29, 1.82) is 0 Å². The summed E-state index contributed by atoms with van der Waals surface area (Å²) in [6.07, 6.45) is 0. The molecule has 0 saturated carbocycles. The predicted octanol–water partition coefficient (Wildman–Crippen LogP) is 2.42. The molecule has 11 heteroatoms. The second kappa shape index (κ2) is 8.64. The van der Waals surface area contributed by atoms with Crippen LogP contribution in [0, 0.1) is 10.1 Å². The Hall–Kier alpha value is -2.89. The van der Waals surface area contributed by atoms with Crippen molar-refractivity contribution in [2.75, 3.05) is 32.2 Å². The number of sulfonamides is 1. The van der Waals surface area contributed by atoms with Crippen LogP contribution in [0.5, 0.6) is 11.5 Å². The molecular weight excluding hydrogens is 402 g/mol. The fraction of sp³-hybridized carbons (Fsp3) is 0.333. The number of nitrogens with one attached hydrogen (secondary N) is 2. The highest BCUT2D eigenvalue weighted by Crippen LogP contribution is 2.36.